The Kier molecular flexibility index (Phi) is 2.73. The normalized spacial score (nSPS) is 17.6. The second-order valence-electron chi connectivity index (χ2n) is 4.94. The van der Waals surface area contributed by atoms with Crippen molar-refractivity contribution >= 4 is 0 Å². The van der Waals surface area contributed by atoms with Gasteiger partial charge in [0.2, 0.25) is 0 Å². The molecule has 16 heavy (non-hydrogen) atoms. The van der Waals surface area contributed by atoms with Crippen molar-refractivity contribution in [1.29, 1.82) is 5.26 Å². The lowest BCUT2D eigenvalue weighted by Gasteiger charge is -2.36. The van der Waals surface area contributed by atoms with Crippen LogP contribution in [0.2, 0.25) is 0 Å². The summed E-state index contributed by atoms with van der Waals surface area (Å²) in [5, 5.41) is 9.20. The highest BCUT2D eigenvalue weighted by Crippen LogP contribution is 2.33. The number of benzene rings is 1. The molecule has 0 unspecified atom stereocenters. The zero-order chi connectivity index (χ0) is 11.8. The molecule has 2 rings (SSSR count). The molecule has 1 heterocycles. The summed E-state index contributed by atoms with van der Waals surface area (Å²) in [7, 11) is 0. The van der Waals surface area contributed by atoms with Crippen LogP contribution in [0.1, 0.15) is 22.3 Å². The van der Waals surface area contributed by atoms with Crippen LogP contribution >= 0.6 is 0 Å². The summed E-state index contributed by atoms with van der Waals surface area (Å²) in [6.07, 6.45) is 0.821. The average Bonchev–Trinajstić information content (AvgIpc) is 2.14. The van der Waals surface area contributed by atoms with Gasteiger partial charge < -0.3 is 4.74 Å². The van der Waals surface area contributed by atoms with E-state index in [-0.39, 0.29) is 5.41 Å². The monoisotopic (exact) mass is 215 g/mol. The summed E-state index contributed by atoms with van der Waals surface area (Å²) in [6, 6.07) is 6.78. The molecule has 2 nitrogen and oxygen atoms in total. The minimum absolute atomic E-state index is 0.273. The molecule has 1 aliphatic heterocycles. The van der Waals surface area contributed by atoms with Crippen LogP contribution < -0.4 is 0 Å². The molecule has 0 radical (unpaired) electrons. The zero-order valence-corrected chi connectivity index (χ0v) is 10.1. The molecule has 0 N–H and O–H groups in total. The highest BCUT2D eigenvalue weighted by atomic mass is 16.5. The van der Waals surface area contributed by atoms with Crippen LogP contribution in [-0.4, -0.2) is 13.2 Å². The van der Waals surface area contributed by atoms with Crippen LogP contribution in [0.3, 0.4) is 0 Å². The van der Waals surface area contributed by atoms with E-state index in [4.69, 9.17) is 4.74 Å². The first-order valence-electron chi connectivity index (χ1n) is 5.62. The lowest BCUT2D eigenvalue weighted by atomic mass is 9.79. The first-order valence-corrected chi connectivity index (χ1v) is 5.62. The van der Waals surface area contributed by atoms with E-state index in [9.17, 15) is 5.26 Å². The van der Waals surface area contributed by atoms with Crippen molar-refractivity contribution in [1.82, 2.24) is 0 Å². The maximum absolute atomic E-state index is 9.20. The molecule has 1 aliphatic rings. The lowest BCUT2D eigenvalue weighted by Crippen LogP contribution is -2.43. The number of rotatable bonds is 2. The minimum Gasteiger partial charge on any atom is -0.378 e. The Morgan fingerprint density at radius 2 is 1.81 bits per heavy atom. The smallest absolute Gasteiger partial charge is 0.108 e. The van der Waals surface area contributed by atoms with Crippen LogP contribution in [0, 0.1) is 37.5 Å². The van der Waals surface area contributed by atoms with E-state index in [0.717, 1.165) is 6.42 Å². The van der Waals surface area contributed by atoms with Gasteiger partial charge in [-0.3, -0.25) is 0 Å². The number of nitriles is 1. The number of nitrogens with zero attached hydrogens (tertiary/aromatic N) is 1. The van der Waals surface area contributed by atoms with E-state index in [1.165, 1.54) is 22.3 Å². The van der Waals surface area contributed by atoms with Gasteiger partial charge in [0.15, 0.2) is 0 Å². The number of aryl methyl sites for hydroxylation is 3. The molecule has 2 heteroatoms. The maximum Gasteiger partial charge on any atom is 0.108 e. The molecule has 1 saturated heterocycles. The quantitative estimate of drug-likeness (QED) is 0.760. The molecular weight excluding hydrogens is 198 g/mol. The van der Waals surface area contributed by atoms with Gasteiger partial charge in [-0.1, -0.05) is 17.7 Å². The number of ether oxygens (including phenoxy) is 1. The minimum atomic E-state index is -0.273. The van der Waals surface area contributed by atoms with Gasteiger partial charge in [-0.2, -0.15) is 5.26 Å². The van der Waals surface area contributed by atoms with E-state index in [2.05, 4.69) is 39.0 Å². The van der Waals surface area contributed by atoms with Crippen LogP contribution in [0.25, 0.3) is 0 Å². The highest BCUT2D eigenvalue weighted by Gasteiger charge is 2.39. The van der Waals surface area contributed by atoms with Gasteiger partial charge in [-0.15, -0.1) is 0 Å². The van der Waals surface area contributed by atoms with Gasteiger partial charge >= 0.3 is 0 Å². The first kappa shape index (κ1) is 11.2. The SMILES string of the molecule is Cc1cc(C)c(CC2(C#N)COC2)c(C)c1. The highest BCUT2D eigenvalue weighted by molar-refractivity contribution is 5.39. The fourth-order valence-electron chi connectivity index (χ4n) is 2.38. The molecule has 1 aromatic carbocycles. The van der Waals surface area contributed by atoms with Crippen molar-refractivity contribution in [3.63, 3.8) is 0 Å². The van der Waals surface area contributed by atoms with Gasteiger partial charge in [-0.05, 0) is 43.9 Å². The first-order chi connectivity index (χ1) is 7.56. The fourth-order valence-corrected chi connectivity index (χ4v) is 2.38. The van der Waals surface area contributed by atoms with E-state index in [1.807, 2.05) is 0 Å². The Morgan fingerprint density at radius 1 is 1.25 bits per heavy atom. The second kappa shape index (κ2) is 3.92. The Hall–Kier alpha value is -1.33. The molecule has 0 bridgehead atoms. The summed E-state index contributed by atoms with van der Waals surface area (Å²) in [6.45, 7) is 7.52. The summed E-state index contributed by atoms with van der Waals surface area (Å²) in [5.41, 5.74) is 4.91. The largest absolute Gasteiger partial charge is 0.378 e. The number of hydrogen-bond acceptors (Lipinski definition) is 2. The van der Waals surface area contributed by atoms with Gasteiger partial charge in [-0.25, -0.2) is 0 Å². The standard InChI is InChI=1S/C14H17NO/c1-10-4-11(2)13(12(3)5-10)6-14(7-15)8-16-9-14/h4-5H,6,8-9H2,1-3H3. The lowest BCUT2D eigenvalue weighted by molar-refractivity contribution is -0.0766. The Morgan fingerprint density at radius 3 is 2.19 bits per heavy atom. The molecular formula is C14H17NO. The van der Waals surface area contributed by atoms with E-state index >= 15 is 0 Å². The molecule has 0 amide bonds. The molecule has 0 aliphatic carbocycles. The summed E-state index contributed by atoms with van der Waals surface area (Å²) in [5.74, 6) is 0. The van der Waals surface area contributed by atoms with Crippen LogP contribution in [-0.2, 0) is 11.2 Å². The van der Waals surface area contributed by atoms with Gasteiger partial charge in [0.05, 0.1) is 19.3 Å². The molecule has 0 spiro atoms. The van der Waals surface area contributed by atoms with Crippen LogP contribution in [0.4, 0.5) is 0 Å². The summed E-state index contributed by atoms with van der Waals surface area (Å²) in [4.78, 5) is 0. The van der Waals surface area contributed by atoms with Crippen molar-refractivity contribution in [2.24, 2.45) is 5.41 Å². The van der Waals surface area contributed by atoms with Crippen molar-refractivity contribution < 1.29 is 4.74 Å². The van der Waals surface area contributed by atoms with Crippen LogP contribution in [0.15, 0.2) is 12.1 Å². The second-order valence-corrected chi connectivity index (χ2v) is 4.94. The molecule has 0 aromatic heterocycles. The topological polar surface area (TPSA) is 33.0 Å². The third kappa shape index (κ3) is 1.83. The Bertz CT molecular complexity index is 429. The van der Waals surface area contributed by atoms with Gasteiger partial charge in [0.25, 0.3) is 0 Å². The molecule has 1 aromatic rings. The predicted octanol–water partition coefficient (Wildman–Crippen LogP) is 2.69. The van der Waals surface area contributed by atoms with Crippen molar-refractivity contribution in [2.75, 3.05) is 13.2 Å². The van der Waals surface area contributed by atoms with Crippen molar-refractivity contribution in [2.45, 2.75) is 27.2 Å². The van der Waals surface area contributed by atoms with Crippen molar-refractivity contribution in [3.05, 3.63) is 34.4 Å². The van der Waals surface area contributed by atoms with E-state index in [1.54, 1.807) is 0 Å². The molecule has 84 valence electrons. The average molecular weight is 215 g/mol. The fraction of sp³-hybridized carbons (Fsp3) is 0.500. The van der Waals surface area contributed by atoms with Crippen molar-refractivity contribution in [3.8, 4) is 6.07 Å². The Labute approximate surface area is 96.9 Å². The molecule has 1 fully saturated rings. The summed E-state index contributed by atoms with van der Waals surface area (Å²) >= 11 is 0. The third-order valence-electron chi connectivity index (χ3n) is 3.35. The predicted molar refractivity (Wildman–Crippen MR) is 63.2 cm³/mol. The van der Waals surface area contributed by atoms with Crippen LogP contribution in [0.5, 0.6) is 0 Å². The maximum atomic E-state index is 9.20. The zero-order valence-electron chi connectivity index (χ0n) is 10.1. The van der Waals surface area contributed by atoms with Gasteiger partial charge in [0, 0.05) is 0 Å². The summed E-state index contributed by atoms with van der Waals surface area (Å²) < 4.78 is 5.18. The number of hydrogen-bond donors (Lipinski definition) is 0. The third-order valence-corrected chi connectivity index (χ3v) is 3.35. The molecule has 0 saturated carbocycles. The Balaban J connectivity index is 2.32. The molecule has 0 atom stereocenters. The van der Waals surface area contributed by atoms with E-state index < -0.39 is 0 Å². The van der Waals surface area contributed by atoms with Gasteiger partial charge in [0.1, 0.15) is 5.41 Å². The van der Waals surface area contributed by atoms with E-state index in [0.29, 0.717) is 13.2 Å².